The van der Waals surface area contributed by atoms with E-state index in [1.807, 2.05) is 35.2 Å². The third-order valence-corrected chi connectivity index (χ3v) is 4.31. The van der Waals surface area contributed by atoms with Crippen molar-refractivity contribution in [3.63, 3.8) is 0 Å². The second-order valence-corrected chi connectivity index (χ2v) is 5.70. The first-order valence-corrected chi connectivity index (χ1v) is 8.01. The van der Waals surface area contributed by atoms with Crippen LogP contribution in [0.3, 0.4) is 0 Å². The number of methoxy groups -OCH3 is 2. The highest BCUT2D eigenvalue weighted by molar-refractivity contribution is 5.75. The van der Waals surface area contributed by atoms with Gasteiger partial charge in [0.1, 0.15) is 17.3 Å². The maximum Gasteiger partial charge on any atom is 0.318 e. The number of benzene rings is 1. The number of nitrogens with one attached hydrogen (secondary N) is 1. The minimum atomic E-state index is -0.0910. The van der Waals surface area contributed by atoms with Gasteiger partial charge in [0.2, 0.25) is 0 Å². The molecule has 1 atom stereocenters. The fourth-order valence-electron chi connectivity index (χ4n) is 3.10. The van der Waals surface area contributed by atoms with Crippen molar-refractivity contribution >= 4 is 6.03 Å². The van der Waals surface area contributed by atoms with Crippen molar-refractivity contribution in [3.05, 3.63) is 47.9 Å². The van der Waals surface area contributed by atoms with Gasteiger partial charge in [0, 0.05) is 18.2 Å². The molecular weight excluding hydrogens is 308 g/mol. The molecule has 128 valence electrons. The second-order valence-electron chi connectivity index (χ2n) is 5.70. The zero-order chi connectivity index (χ0) is 16.9. The van der Waals surface area contributed by atoms with Gasteiger partial charge >= 0.3 is 6.03 Å². The van der Waals surface area contributed by atoms with Crippen molar-refractivity contribution in [2.45, 2.75) is 25.4 Å². The van der Waals surface area contributed by atoms with Gasteiger partial charge in [-0.25, -0.2) is 4.79 Å². The van der Waals surface area contributed by atoms with E-state index in [2.05, 4.69) is 5.32 Å². The standard InChI is InChI=1S/C18H22N2O4/c1-22-13-7-8-15(17(11-13)23-2)16-6-3-9-20(16)18(21)19-12-14-5-4-10-24-14/h4-5,7-8,10-11,16H,3,6,9,12H2,1-2H3,(H,19,21)/t16-/m1/s1. The normalized spacial score (nSPS) is 16.9. The maximum atomic E-state index is 12.6. The van der Waals surface area contributed by atoms with Crippen LogP contribution in [-0.4, -0.2) is 31.7 Å². The zero-order valence-electron chi connectivity index (χ0n) is 14.0. The Balaban J connectivity index is 1.74. The maximum absolute atomic E-state index is 12.6. The molecule has 6 heteroatoms. The quantitative estimate of drug-likeness (QED) is 0.913. The molecule has 1 N–H and O–H groups in total. The first kappa shape index (κ1) is 16.2. The summed E-state index contributed by atoms with van der Waals surface area (Å²) in [6.45, 7) is 1.11. The molecule has 1 aromatic heterocycles. The molecule has 0 spiro atoms. The lowest BCUT2D eigenvalue weighted by molar-refractivity contribution is 0.190. The summed E-state index contributed by atoms with van der Waals surface area (Å²) >= 11 is 0. The summed E-state index contributed by atoms with van der Waals surface area (Å²) in [5, 5.41) is 2.91. The van der Waals surface area contributed by atoms with E-state index in [1.165, 1.54) is 0 Å². The van der Waals surface area contributed by atoms with Crippen LogP contribution in [0, 0.1) is 0 Å². The molecule has 1 aliphatic heterocycles. The van der Waals surface area contributed by atoms with E-state index in [0.29, 0.717) is 6.54 Å². The van der Waals surface area contributed by atoms with E-state index in [9.17, 15) is 4.79 Å². The van der Waals surface area contributed by atoms with Crippen LogP contribution < -0.4 is 14.8 Å². The summed E-state index contributed by atoms with van der Waals surface area (Å²) in [6, 6.07) is 9.29. The third kappa shape index (κ3) is 3.32. The van der Waals surface area contributed by atoms with Gasteiger partial charge < -0.3 is 24.1 Å². The summed E-state index contributed by atoms with van der Waals surface area (Å²) in [4.78, 5) is 14.4. The predicted octanol–water partition coefficient (Wildman–Crippen LogP) is 3.34. The molecule has 1 aliphatic rings. The minimum absolute atomic E-state index is 0.00228. The number of carbonyl (C=O) groups is 1. The van der Waals surface area contributed by atoms with Crippen LogP contribution in [-0.2, 0) is 6.54 Å². The largest absolute Gasteiger partial charge is 0.497 e. The molecule has 24 heavy (non-hydrogen) atoms. The lowest BCUT2D eigenvalue weighted by Gasteiger charge is -2.26. The summed E-state index contributed by atoms with van der Waals surface area (Å²) in [6.07, 6.45) is 3.48. The molecule has 3 rings (SSSR count). The van der Waals surface area contributed by atoms with Gasteiger partial charge in [0.25, 0.3) is 0 Å². The smallest absolute Gasteiger partial charge is 0.318 e. The number of likely N-dealkylation sites (tertiary alicyclic amines) is 1. The van der Waals surface area contributed by atoms with E-state index in [4.69, 9.17) is 13.9 Å². The third-order valence-electron chi connectivity index (χ3n) is 4.31. The van der Waals surface area contributed by atoms with Crippen LogP contribution in [0.25, 0.3) is 0 Å². The number of ether oxygens (including phenoxy) is 2. The predicted molar refractivity (Wildman–Crippen MR) is 89.2 cm³/mol. The molecule has 6 nitrogen and oxygen atoms in total. The van der Waals surface area contributed by atoms with Crippen LogP contribution >= 0.6 is 0 Å². The van der Waals surface area contributed by atoms with E-state index < -0.39 is 0 Å². The number of carbonyl (C=O) groups excluding carboxylic acids is 1. The molecule has 0 radical (unpaired) electrons. The molecule has 1 aromatic carbocycles. The van der Waals surface area contributed by atoms with Crippen LogP contribution in [0.4, 0.5) is 4.79 Å². The Morgan fingerprint density at radius 2 is 2.21 bits per heavy atom. The highest BCUT2D eigenvalue weighted by Crippen LogP contribution is 2.38. The van der Waals surface area contributed by atoms with Crippen LogP contribution in [0.2, 0.25) is 0 Å². The van der Waals surface area contributed by atoms with Crippen LogP contribution in [0.15, 0.2) is 41.0 Å². The van der Waals surface area contributed by atoms with Gasteiger partial charge in [0.05, 0.1) is 33.1 Å². The highest BCUT2D eigenvalue weighted by Gasteiger charge is 2.32. The summed E-state index contributed by atoms with van der Waals surface area (Å²) in [7, 11) is 3.26. The minimum Gasteiger partial charge on any atom is -0.497 e. The van der Waals surface area contributed by atoms with Gasteiger partial charge in [-0.2, -0.15) is 0 Å². The molecule has 0 unspecified atom stereocenters. The van der Waals surface area contributed by atoms with Crippen molar-refractivity contribution in [3.8, 4) is 11.5 Å². The van der Waals surface area contributed by atoms with Crippen molar-refractivity contribution in [1.29, 1.82) is 0 Å². The van der Waals surface area contributed by atoms with Crippen LogP contribution in [0.1, 0.15) is 30.2 Å². The topological polar surface area (TPSA) is 63.9 Å². The Morgan fingerprint density at radius 1 is 1.33 bits per heavy atom. The Hall–Kier alpha value is -2.63. The molecule has 0 saturated carbocycles. The summed E-state index contributed by atoms with van der Waals surface area (Å²) in [5.41, 5.74) is 1.00. The van der Waals surface area contributed by atoms with Gasteiger partial charge in [-0.1, -0.05) is 0 Å². The molecule has 1 saturated heterocycles. The second kappa shape index (κ2) is 7.29. The number of urea groups is 1. The molecular formula is C18H22N2O4. The Kier molecular flexibility index (Phi) is 4.93. The van der Waals surface area contributed by atoms with Gasteiger partial charge in [-0.3, -0.25) is 0 Å². The number of hydrogen-bond donors (Lipinski definition) is 1. The molecule has 1 fully saturated rings. The number of amides is 2. The van der Waals surface area contributed by atoms with E-state index in [0.717, 1.165) is 42.2 Å². The first-order valence-electron chi connectivity index (χ1n) is 8.01. The first-order chi connectivity index (χ1) is 11.7. The summed E-state index contributed by atoms with van der Waals surface area (Å²) < 4.78 is 16.0. The fraction of sp³-hybridized carbons (Fsp3) is 0.389. The number of nitrogens with zero attached hydrogens (tertiary/aromatic N) is 1. The molecule has 2 amide bonds. The van der Waals surface area contributed by atoms with Crippen LogP contribution in [0.5, 0.6) is 11.5 Å². The number of hydrogen-bond acceptors (Lipinski definition) is 4. The van der Waals surface area contributed by atoms with Crippen molar-refractivity contribution in [2.24, 2.45) is 0 Å². The zero-order valence-corrected chi connectivity index (χ0v) is 14.0. The van der Waals surface area contributed by atoms with E-state index >= 15 is 0 Å². The van der Waals surface area contributed by atoms with E-state index in [-0.39, 0.29) is 12.1 Å². The molecule has 2 aromatic rings. The Morgan fingerprint density at radius 3 is 2.92 bits per heavy atom. The lowest BCUT2D eigenvalue weighted by Crippen LogP contribution is -2.39. The van der Waals surface area contributed by atoms with E-state index in [1.54, 1.807) is 20.5 Å². The molecule has 0 aliphatic carbocycles. The average Bonchev–Trinajstić information content (AvgIpc) is 3.30. The number of furan rings is 1. The summed E-state index contributed by atoms with van der Waals surface area (Å²) in [5.74, 6) is 2.22. The van der Waals surface area contributed by atoms with Crippen molar-refractivity contribution in [2.75, 3.05) is 20.8 Å². The lowest BCUT2D eigenvalue weighted by atomic mass is 10.0. The fourth-order valence-corrected chi connectivity index (χ4v) is 3.10. The van der Waals surface area contributed by atoms with Crippen molar-refractivity contribution in [1.82, 2.24) is 10.2 Å². The van der Waals surface area contributed by atoms with Crippen molar-refractivity contribution < 1.29 is 18.7 Å². The average molecular weight is 330 g/mol. The number of rotatable bonds is 5. The SMILES string of the molecule is COc1ccc([C@H]2CCCN2C(=O)NCc2ccco2)c(OC)c1. The van der Waals surface area contributed by atoms with Gasteiger partial charge in [-0.15, -0.1) is 0 Å². The molecule has 2 heterocycles. The Labute approximate surface area is 141 Å². The Bertz CT molecular complexity index is 684. The molecule has 0 bridgehead atoms. The monoisotopic (exact) mass is 330 g/mol. The highest BCUT2D eigenvalue weighted by atomic mass is 16.5. The van der Waals surface area contributed by atoms with Gasteiger partial charge in [-0.05, 0) is 37.1 Å². The van der Waals surface area contributed by atoms with Gasteiger partial charge in [0.15, 0.2) is 0 Å².